The van der Waals surface area contributed by atoms with Crippen LogP contribution in [0.25, 0.3) is 0 Å². The molecule has 1 aliphatic heterocycles. The largest absolute Gasteiger partial charge is 0.393 e. The number of allylic oxidation sites excluding steroid dienone is 1. The van der Waals surface area contributed by atoms with Crippen LogP contribution in [0.15, 0.2) is 12.2 Å². The monoisotopic (exact) mass is 195 g/mol. The lowest BCUT2D eigenvalue weighted by Crippen LogP contribution is -2.64. The minimum Gasteiger partial charge on any atom is -0.393 e. The molecule has 1 amide bonds. The van der Waals surface area contributed by atoms with Crippen LogP contribution in [0.2, 0.25) is 0 Å². The van der Waals surface area contributed by atoms with Gasteiger partial charge >= 0.3 is 0 Å². The molecule has 0 saturated carbocycles. The van der Waals surface area contributed by atoms with E-state index in [-0.39, 0.29) is 17.9 Å². The van der Waals surface area contributed by atoms with Crippen LogP contribution in [-0.2, 0) is 4.79 Å². The number of carbonyl (C=O) groups is 1. The van der Waals surface area contributed by atoms with Gasteiger partial charge in [0.2, 0.25) is 5.91 Å². The lowest BCUT2D eigenvalue weighted by Gasteiger charge is -2.43. The molecule has 3 nitrogen and oxygen atoms in total. The van der Waals surface area contributed by atoms with Crippen molar-refractivity contribution in [2.45, 2.75) is 38.3 Å². The Bertz CT molecular complexity index is 260. The summed E-state index contributed by atoms with van der Waals surface area (Å²) in [5.41, 5.74) is 0. The average molecular weight is 195 g/mol. The van der Waals surface area contributed by atoms with Crippen LogP contribution in [0, 0.1) is 11.8 Å². The summed E-state index contributed by atoms with van der Waals surface area (Å²) in [6, 6.07) is 0.166. The third-order valence-corrected chi connectivity index (χ3v) is 3.27. The summed E-state index contributed by atoms with van der Waals surface area (Å²) in [6.07, 6.45) is 7.31. The van der Waals surface area contributed by atoms with Crippen LogP contribution >= 0.6 is 0 Å². The van der Waals surface area contributed by atoms with Crippen molar-refractivity contribution in [2.24, 2.45) is 11.8 Å². The third kappa shape index (κ3) is 1.57. The fourth-order valence-corrected chi connectivity index (χ4v) is 2.45. The molecule has 1 aliphatic carbocycles. The van der Waals surface area contributed by atoms with E-state index in [9.17, 15) is 9.90 Å². The van der Waals surface area contributed by atoms with Gasteiger partial charge in [-0.15, -0.1) is 0 Å². The minimum absolute atomic E-state index is 0.00368. The van der Waals surface area contributed by atoms with E-state index in [0.29, 0.717) is 5.92 Å². The molecule has 1 fully saturated rings. The molecule has 1 heterocycles. The summed E-state index contributed by atoms with van der Waals surface area (Å²) in [5.74, 6) is 0.243. The first-order valence-corrected chi connectivity index (χ1v) is 5.35. The van der Waals surface area contributed by atoms with E-state index in [1.54, 1.807) is 6.92 Å². The predicted molar refractivity (Wildman–Crippen MR) is 53.6 cm³/mol. The summed E-state index contributed by atoms with van der Waals surface area (Å²) < 4.78 is 0. The Hall–Kier alpha value is -0.830. The molecule has 14 heavy (non-hydrogen) atoms. The van der Waals surface area contributed by atoms with Crippen LogP contribution in [0.5, 0.6) is 0 Å². The van der Waals surface area contributed by atoms with Gasteiger partial charge in [0.05, 0.1) is 12.0 Å². The summed E-state index contributed by atoms with van der Waals surface area (Å²) in [4.78, 5) is 11.2. The second kappa shape index (κ2) is 3.73. The molecule has 2 N–H and O–H groups in total. The van der Waals surface area contributed by atoms with E-state index in [1.807, 2.05) is 0 Å². The maximum absolute atomic E-state index is 11.2. The summed E-state index contributed by atoms with van der Waals surface area (Å²) in [5, 5.41) is 12.4. The van der Waals surface area contributed by atoms with Crippen molar-refractivity contribution in [2.75, 3.05) is 0 Å². The van der Waals surface area contributed by atoms with E-state index in [4.69, 9.17) is 0 Å². The van der Waals surface area contributed by atoms with E-state index < -0.39 is 6.10 Å². The van der Waals surface area contributed by atoms with Gasteiger partial charge in [-0.05, 0) is 32.1 Å². The highest BCUT2D eigenvalue weighted by atomic mass is 16.3. The molecular formula is C11H17NO2. The second-order valence-electron chi connectivity index (χ2n) is 4.32. The number of nitrogens with one attached hydrogen (secondary N) is 1. The zero-order valence-electron chi connectivity index (χ0n) is 8.44. The van der Waals surface area contributed by atoms with Crippen molar-refractivity contribution in [1.29, 1.82) is 0 Å². The average Bonchev–Trinajstić information content (AvgIpc) is 2.14. The van der Waals surface area contributed by atoms with Crippen molar-refractivity contribution in [3.63, 3.8) is 0 Å². The topological polar surface area (TPSA) is 49.3 Å². The zero-order valence-corrected chi connectivity index (χ0v) is 8.44. The highest BCUT2D eigenvalue weighted by molar-refractivity contribution is 5.86. The van der Waals surface area contributed by atoms with E-state index in [0.717, 1.165) is 12.8 Å². The third-order valence-electron chi connectivity index (χ3n) is 3.27. The molecule has 1 saturated heterocycles. The van der Waals surface area contributed by atoms with Gasteiger partial charge in [0, 0.05) is 6.04 Å². The van der Waals surface area contributed by atoms with Gasteiger partial charge in [-0.1, -0.05) is 12.2 Å². The first-order valence-electron chi connectivity index (χ1n) is 5.35. The Kier molecular flexibility index (Phi) is 2.59. The zero-order chi connectivity index (χ0) is 10.1. The Morgan fingerprint density at radius 2 is 2.43 bits per heavy atom. The first-order chi connectivity index (χ1) is 6.70. The number of carbonyl (C=O) groups excluding carboxylic acids is 1. The maximum atomic E-state index is 11.2. The maximum Gasteiger partial charge on any atom is 0.228 e. The smallest absolute Gasteiger partial charge is 0.228 e. The molecule has 2 aliphatic rings. The van der Waals surface area contributed by atoms with E-state index in [1.165, 1.54) is 6.42 Å². The molecule has 0 bridgehead atoms. The molecule has 0 spiro atoms. The minimum atomic E-state index is -0.524. The summed E-state index contributed by atoms with van der Waals surface area (Å²) >= 11 is 0. The fourth-order valence-electron chi connectivity index (χ4n) is 2.45. The first kappa shape index (κ1) is 9.71. The molecule has 0 aromatic rings. The van der Waals surface area contributed by atoms with Crippen LogP contribution < -0.4 is 5.32 Å². The standard InChI is InChI=1S/C11H17NO2/c1-7(13)9-10(12-11(9)14)8-5-3-2-4-6-8/h3,5,7-10,13H,2,4,6H2,1H3,(H,12,14)/t7-,8+,9-,10?/m1/s1. The number of hydrogen-bond donors (Lipinski definition) is 2. The number of amides is 1. The molecule has 0 aromatic heterocycles. The van der Waals surface area contributed by atoms with Crippen LogP contribution in [0.1, 0.15) is 26.2 Å². The van der Waals surface area contributed by atoms with Crippen molar-refractivity contribution in [3.05, 3.63) is 12.2 Å². The van der Waals surface area contributed by atoms with Crippen LogP contribution in [-0.4, -0.2) is 23.2 Å². The Morgan fingerprint density at radius 3 is 2.93 bits per heavy atom. The van der Waals surface area contributed by atoms with Gasteiger partial charge in [-0.3, -0.25) is 4.79 Å². The normalized spacial score (nSPS) is 38.7. The number of β-lactam (4-membered cyclic amide) rings is 1. The lowest BCUT2D eigenvalue weighted by molar-refractivity contribution is -0.142. The molecule has 0 aromatic carbocycles. The number of rotatable bonds is 2. The number of aliphatic hydroxyl groups excluding tert-OH is 1. The van der Waals surface area contributed by atoms with Gasteiger partial charge in [-0.2, -0.15) is 0 Å². The van der Waals surface area contributed by atoms with Crippen molar-refractivity contribution in [3.8, 4) is 0 Å². The Balaban J connectivity index is 2.01. The number of aliphatic hydroxyl groups is 1. The van der Waals surface area contributed by atoms with Gasteiger partial charge in [0.1, 0.15) is 0 Å². The molecule has 78 valence electrons. The molecule has 2 rings (SSSR count). The van der Waals surface area contributed by atoms with E-state index >= 15 is 0 Å². The van der Waals surface area contributed by atoms with Crippen molar-refractivity contribution >= 4 is 5.91 Å². The highest BCUT2D eigenvalue weighted by Crippen LogP contribution is 2.31. The molecule has 1 unspecified atom stereocenters. The molecular weight excluding hydrogens is 178 g/mol. The quantitative estimate of drug-likeness (QED) is 0.506. The van der Waals surface area contributed by atoms with E-state index in [2.05, 4.69) is 17.5 Å². The van der Waals surface area contributed by atoms with Gasteiger partial charge in [0.25, 0.3) is 0 Å². The Morgan fingerprint density at radius 1 is 1.64 bits per heavy atom. The van der Waals surface area contributed by atoms with Crippen molar-refractivity contribution in [1.82, 2.24) is 5.32 Å². The number of hydrogen-bond acceptors (Lipinski definition) is 2. The molecule has 3 heteroatoms. The van der Waals surface area contributed by atoms with Crippen LogP contribution in [0.3, 0.4) is 0 Å². The van der Waals surface area contributed by atoms with Crippen molar-refractivity contribution < 1.29 is 9.90 Å². The second-order valence-corrected chi connectivity index (χ2v) is 4.32. The van der Waals surface area contributed by atoms with Gasteiger partial charge in [-0.25, -0.2) is 0 Å². The van der Waals surface area contributed by atoms with Crippen LogP contribution in [0.4, 0.5) is 0 Å². The summed E-state index contributed by atoms with van der Waals surface area (Å²) in [6.45, 7) is 1.70. The highest BCUT2D eigenvalue weighted by Gasteiger charge is 2.45. The van der Waals surface area contributed by atoms with Gasteiger partial charge in [0.15, 0.2) is 0 Å². The lowest BCUT2D eigenvalue weighted by atomic mass is 9.75. The fraction of sp³-hybridized carbons (Fsp3) is 0.727. The Labute approximate surface area is 84.2 Å². The molecule has 0 radical (unpaired) electrons. The molecule has 4 atom stereocenters. The summed E-state index contributed by atoms with van der Waals surface area (Å²) in [7, 11) is 0. The predicted octanol–water partition coefficient (Wildman–Crippen LogP) is 0.838. The van der Waals surface area contributed by atoms with Gasteiger partial charge < -0.3 is 10.4 Å². The SMILES string of the molecule is C[C@@H](O)[C@H]1C(=O)NC1[C@H]1C=CCCC1.